The van der Waals surface area contributed by atoms with Gasteiger partial charge in [0.25, 0.3) is 0 Å². The van der Waals surface area contributed by atoms with Gasteiger partial charge in [-0.05, 0) is 83.9 Å². The van der Waals surface area contributed by atoms with Gasteiger partial charge >= 0.3 is 0 Å². The molecule has 30 heavy (non-hydrogen) atoms. The van der Waals surface area contributed by atoms with E-state index in [-0.39, 0.29) is 11.5 Å². The number of hydrogen-bond donors (Lipinski definition) is 4. The molecule has 0 atom stereocenters. The van der Waals surface area contributed by atoms with Crippen LogP contribution in [0.3, 0.4) is 0 Å². The van der Waals surface area contributed by atoms with Gasteiger partial charge in [0.1, 0.15) is 11.5 Å². The molecule has 0 fully saturated rings. The van der Waals surface area contributed by atoms with Crippen molar-refractivity contribution in [2.24, 2.45) is 0 Å². The maximum Gasteiger partial charge on any atom is 0.169 e. The first-order valence-corrected chi connectivity index (χ1v) is 9.21. The summed E-state index contributed by atoms with van der Waals surface area (Å²) in [5.74, 6) is 1.72. The normalized spacial score (nSPS) is 10.5. The summed E-state index contributed by atoms with van der Waals surface area (Å²) in [6.45, 7) is 0. The van der Waals surface area contributed by atoms with Crippen molar-refractivity contribution in [1.82, 2.24) is 0 Å². The number of nitrogen functional groups attached to an aromatic ring is 2. The molecule has 0 saturated carbocycles. The first kappa shape index (κ1) is 19.0. The molecule has 6 nitrogen and oxygen atoms in total. The minimum absolute atomic E-state index is 0.0222. The molecule has 0 aromatic heterocycles. The maximum absolute atomic E-state index is 10.4. The average Bonchev–Trinajstić information content (AvgIpc) is 2.74. The highest BCUT2D eigenvalue weighted by Crippen LogP contribution is 2.38. The van der Waals surface area contributed by atoms with Crippen molar-refractivity contribution >= 4 is 11.4 Å². The number of ether oxygens (including phenoxy) is 2. The van der Waals surface area contributed by atoms with Gasteiger partial charge in [-0.2, -0.15) is 0 Å². The lowest BCUT2D eigenvalue weighted by Gasteiger charge is -2.12. The van der Waals surface area contributed by atoms with Gasteiger partial charge in [-0.15, -0.1) is 0 Å². The van der Waals surface area contributed by atoms with Gasteiger partial charge in [0.15, 0.2) is 23.0 Å². The van der Waals surface area contributed by atoms with Crippen molar-refractivity contribution in [1.29, 1.82) is 0 Å². The monoisotopic (exact) mass is 400 g/mol. The van der Waals surface area contributed by atoms with Crippen LogP contribution in [0.25, 0.3) is 11.1 Å². The summed E-state index contributed by atoms with van der Waals surface area (Å²) in [5, 5.41) is 20.7. The molecule has 0 aliphatic heterocycles. The molecule has 4 rings (SSSR count). The Balaban J connectivity index is 1.53. The molecule has 6 N–H and O–H groups in total. The third-order valence-electron chi connectivity index (χ3n) is 4.47. The average molecular weight is 400 g/mol. The van der Waals surface area contributed by atoms with Gasteiger partial charge in [-0.1, -0.05) is 12.1 Å². The molecule has 4 aromatic carbocycles. The van der Waals surface area contributed by atoms with Crippen molar-refractivity contribution in [2.45, 2.75) is 0 Å². The third kappa shape index (κ3) is 4.23. The highest BCUT2D eigenvalue weighted by atomic mass is 16.5. The van der Waals surface area contributed by atoms with E-state index in [9.17, 15) is 10.2 Å². The van der Waals surface area contributed by atoms with E-state index in [4.69, 9.17) is 20.9 Å². The quantitative estimate of drug-likeness (QED) is 0.329. The molecule has 0 saturated heterocycles. The Kier molecular flexibility index (Phi) is 5.05. The van der Waals surface area contributed by atoms with Gasteiger partial charge in [0.2, 0.25) is 0 Å². The van der Waals surface area contributed by atoms with E-state index in [1.54, 1.807) is 84.9 Å². The molecule has 0 unspecified atom stereocenters. The fourth-order valence-corrected chi connectivity index (χ4v) is 2.89. The van der Waals surface area contributed by atoms with E-state index in [2.05, 4.69) is 0 Å². The zero-order valence-corrected chi connectivity index (χ0v) is 15.9. The van der Waals surface area contributed by atoms with Gasteiger partial charge in [-0.3, -0.25) is 0 Å². The summed E-state index contributed by atoms with van der Waals surface area (Å²) in [4.78, 5) is 0. The highest BCUT2D eigenvalue weighted by Gasteiger charge is 2.10. The first-order valence-electron chi connectivity index (χ1n) is 9.21. The molecule has 4 aromatic rings. The van der Waals surface area contributed by atoms with Crippen LogP contribution in [0, 0.1) is 0 Å². The van der Waals surface area contributed by atoms with Gasteiger partial charge in [0.05, 0.1) is 0 Å². The van der Waals surface area contributed by atoms with Crippen LogP contribution in [0.2, 0.25) is 0 Å². The zero-order valence-electron chi connectivity index (χ0n) is 15.9. The largest absolute Gasteiger partial charge is 0.504 e. The Bertz CT molecular complexity index is 1080. The molecule has 150 valence electrons. The lowest BCUT2D eigenvalue weighted by atomic mass is 10.0. The lowest BCUT2D eigenvalue weighted by Crippen LogP contribution is -1.89. The first-order chi connectivity index (χ1) is 14.5. The molecular weight excluding hydrogens is 380 g/mol. The minimum atomic E-state index is -0.0222. The highest BCUT2D eigenvalue weighted by molar-refractivity contribution is 5.70. The molecule has 6 heteroatoms. The SMILES string of the molecule is Nc1ccc(Oc2ccc(-c3ccc(Oc4ccc(N)cc4)c(O)c3)cc2O)cc1. The maximum atomic E-state index is 10.4. The summed E-state index contributed by atoms with van der Waals surface area (Å²) in [6.07, 6.45) is 0. The molecule has 0 bridgehead atoms. The fourth-order valence-electron chi connectivity index (χ4n) is 2.89. The van der Waals surface area contributed by atoms with Crippen molar-refractivity contribution in [3.63, 3.8) is 0 Å². The Morgan fingerprint density at radius 3 is 1.20 bits per heavy atom. The summed E-state index contributed by atoms with van der Waals surface area (Å²) < 4.78 is 11.4. The van der Waals surface area contributed by atoms with Crippen molar-refractivity contribution in [2.75, 3.05) is 11.5 Å². The fraction of sp³-hybridized carbons (Fsp3) is 0. The lowest BCUT2D eigenvalue weighted by molar-refractivity contribution is 0.411. The van der Waals surface area contributed by atoms with E-state index in [0.29, 0.717) is 45.5 Å². The Morgan fingerprint density at radius 1 is 0.500 bits per heavy atom. The Hall–Kier alpha value is -4.32. The van der Waals surface area contributed by atoms with Crippen molar-refractivity contribution in [3.8, 4) is 45.6 Å². The van der Waals surface area contributed by atoms with Crippen LogP contribution in [0.5, 0.6) is 34.5 Å². The summed E-state index contributed by atoms with van der Waals surface area (Å²) in [6, 6.07) is 23.8. The van der Waals surface area contributed by atoms with Crippen LogP contribution in [0.1, 0.15) is 0 Å². The second-order valence-electron chi connectivity index (χ2n) is 6.71. The smallest absolute Gasteiger partial charge is 0.169 e. The van der Waals surface area contributed by atoms with Crippen molar-refractivity contribution in [3.05, 3.63) is 84.9 Å². The number of phenolic OH excluding ortho intramolecular Hbond substituents is 2. The molecule has 0 aliphatic rings. The summed E-state index contributed by atoms with van der Waals surface area (Å²) >= 11 is 0. The van der Waals surface area contributed by atoms with Crippen LogP contribution >= 0.6 is 0 Å². The van der Waals surface area contributed by atoms with Gasteiger partial charge in [0, 0.05) is 11.4 Å². The molecule has 0 spiro atoms. The Labute approximate surface area is 173 Å². The van der Waals surface area contributed by atoms with E-state index >= 15 is 0 Å². The molecule has 0 heterocycles. The second kappa shape index (κ2) is 7.97. The van der Waals surface area contributed by atoms with Crippen LogP contribution in [0.4, 0.5) is 11.4 Å². The number of nitrogens with two attached hydrogens (primary N) is 2. The number of aromatic hydroxyl groups is 2. The topological polar surface area (TPSA) is 111 Å². The molecule has 0 amide bonds. The van der Waals surface area contributed by atoms with E-state index in [1.165, 1.54) is 0 Å². The minimum Gasteiger partial charge on any atom is -0.504 e. The number of anilines is 2. The van der Waals surface area contributed by atoms with E-state index < -0.39 is 0 Å². The summed E-state index contributed by atoms with van der Waals surface area (Å²) in [7, 11) is 0. The van der Waals surface area contributed by atoms with Crippen LogP contribution in [-0.2, 0) is 0 Å². The standard InChI is InChI=1S/C24H20N2O4/c25-17-3-7-19(8-4-17)29-23-11-1-15(13-21(23)27)16-2-12-24(22(28)14-16)30-20-9-5-18(26)6-10-20/h1-14,27-28H,25-26H2. The van der Waals surface area contributed by atoms with E-state index in [0.717, 1.165) is 0 Å². The third-order valence-corrected chi connectivity index (χ3v) is 4.47. The number of rotatable bonds is 5. The predicted octanol–water partition coefficient (Wildman–Crippen LogP) is 5.51. The molecule has 0 aliphatic carbocycles. The Morgan fingerprint density at radius 2 is 0.867 bits per heavy atom. The van der Waals surface area contributed by atoms with Crippen LogP contribution in [0.15, 0.2) is 84.9 Å². The second-order valence-corrected chi connectivity index (χ2v) is 6.71. The van der Waals surface area contributed by atoms with Crippen LogP contribution < -0.4 is 20.9 Å². The number of phenols is 2. The number of benzene rings is 4. The van der Waals surface area contributed by atoms with E-state index in [1.807, 2.05) is 0 Å². The predicted molar refractivity (Wildman–Crippen MR) is 117 cm³/mol. The number of hydrogen-bond acceptors (Lipinski definition) is 6. The summed E-state index contributed by atoms with van der Waals surface area (Å²) in [5.41, 5.74) is 14.0. The van der Waals surface area contributed by atoms with Crippen LogP contribution in [-0.4, -0.2) is 10.2 Å². The van der Waals surface area contributed by atoms with Gasteiger partial charge in [-0.25, -0.2) is 0 Å². The van der Waals surface area contributed by atoms with Crippen molar-refractivity contribution < 1.29 is 19.7 Å². The van der Waals surface area contributed by atoms with Gasteiger partial charge < -0.3 is 31.2 Å². The molecular formula is C24H20N2O4. The molecule has 0 radical (unpaired) electrons. The zero-order chi connectivity index (χ0) is 21.1.